The van der Waals surface area contributed by atoms with Crippen molar-refractivity contribution in [2.24, 2.45) is 7.05 Å². The van der Waals surface area contributed by atoms with Crippen molar-refractivity contribution in [2.75, 3.05) is 6.54 Å². The maximum Gasteiger partial charge on any atom is 0.138 e. The van der Waals surface area contributed by atoms with Gasteiger partial charge in [-0.1, -0.05) is 19.1 Å². The molecule has 0 aliphatic carbocycles. The lowest BCUT2D eigenvalue weighted by Crippen LogP contribution is -2.25. The molecule has 3 aromatic rings. The molecule has 0 aliphatic heterocycles. The second kappa shape index (κ2) is 5.97. The highest BCUT2D eigenvalue weighted by molar-refractivity contribution is 5.73. The summed E-state index contributed by atoms with van der Waals surface area (Å²) >= 11 is 0. The summed E-state index contributed by atoms with van der Waals surface area (Å²) in [6.07, 6.45) is 4.15. The van der Waals surface area contributed by atoms with Gasteiger partial charge in [0.2, 0.25) is 0 Å². The van der Waals surface area contributed by atoms with E-state index in [1.807, 2.05) is 37.5 Å². The molecule has 0 saturated heterocycles. The molecule has 0 saturated carbocycles. The van der Waals surface area contributed by atoms with E-state index >= 15 is 0 Å². The highest BCUT2D eigenvalue weighted by atomic mass is 15.3. The number of likely N-dealkylation sites (N-methyl/N-ethyl adjacent to an activating group) is 1. The van der Waals surface area contributed by atoms with Crippen molar-refractivity contribution in [1.82, 2.24) is 30.0 Å². The Hall–Kier alpha value is -2.34. The lowest BCUT2D eigenvalue weighted by Gasteiger charge is -2.16. The second-order valence-electron chi connectivity index (χ2n) is 4.90. The number of benzene rings is 1. The van der Waals surface area contributed by atoms with Gasteiger partial charge in [0.25, 0.3) is 0 Å². The zero-order valence-electron chi connectivity index (χ0n) is 12.2. The van der Waals surface area contributed by atoms with Gasteiger partial charge in [-0.25, -0.2) is 9.97 Å². The van der Waals surface area contributed by atoms with Crippen LogP contribution in [0, 0.1) is 0 Å². The van der Waals surface area contributed by atoms with Crippen LogP contribution in [-0.2, 0) is 13.5 Å². The zero-order valence-corrected chi connectivity index (χ0v) is 12.2. The summed E-state index contributed by atoms with van der Waals surface area (Å²) in [5.74, 6) is 0.927. The third-order valence-electron chi connectivity index (χ3n) is 3.47. The van der Waals surface area contributed by atoms with Gasteiger partial charge in [0.1, 0.15) is 12.2 Å². The first-order chi connectivity index (χ1) is 10.3. The van der Waals surface area contributed by atoms with Crippen LogP contribution in [0.2, 0.25) is 0 Å². The molecule has 0 amide bonds. The monoisotopic (exact) mass is 282 g/mol. The third-order valence-corrected chi connectivity index (χ3v) is 3.47. The number of rotatable bonds is 5. The summed E-state index contributed by atoms with van der Waals surface area (Å²) in [5, 5.41) is 7.56. The van der Waals surface area contributed by atoms with Crippen molar-refractivity contribution in [3.05, 3.63) is 48.3 Å². The summed E-state index contributed by atoms with van der Waals surface area (Å²) < 4.78 is 1.79. The van der Waals surface area contributed by atoms with E-state index in [-0.39, 0.29) is 6.04 Å². The molecule has 1 unspecified atom stereocenters. The van der Waals surface area contributed by atoms with Crippen LogP contribution >= 0.6 is 0 Å². The molecule has 0 aliphatic rings. The summed E-state index contributed by atoms with van der Waals surface area (Å²) in [7, 11) is 1.90. The van der Waals surface area contributed by atoms with Crippen LogP contribution in [0.25, 0.3) is 11.0 Å². The smallest absolute Gasteiger partial charge is 0.138 e. The predicted molar refractivity (Wildman–Crippen MR) is 80.7 cm³/mol. The Labute approximate surface area is 123 Å². The summed E-state index contributed by atoms with van der Waals surface area (Å²) in [6.45, 7) is 2.94. The van der Waals surface area contributed by atoms with E-state index < -0.39 is 0 Å². The number of para-hydroxylation sites is 2. The fourth-order valence-electron chi connectivity index (χ4n) is 2.35. The highest BCUT2D eigenvalue weighted by Gasteiger charge is 2.16. The first-order valence-corrected chi connectivity index (χ1v) is 7.06. The normalized spacial score (nSPS) is 12.7. The van der Waals surface area contributed by atoms with E-state index in [0.717, 1.165) is 35.5 Å². The van der Waals surface area contributed by atoms with Gasteiger partial charge in [0.15, 0.2) is 0 Å². The molecule has 1 aromatic carbocycles. The third kappa shape index (κ3) is 2.90. The van der Waals surface area contributed by atoms with E-state index in [1.54, 1.807) is 11.0 Å². The molecule has 1 atom stereocenters. The minimum absolute atomic E-state index is 0.0787. The molecule has 0 spiro atoms. The highest BCUT2D eigenvalue weighted by Crippen LogP contribution is 2.17. The van der Waals surface area contributed by atoms with Crippen LogP contribution in [0.15, 0.2) is 36.8 Å². The Kier molecular flexibility index (Phi) is 3.87. The summed E-state index contributed by atoms with van der Waals surface area (Å²) in [5.41, 5.74) is 2.75. The molecule has 6 heteroatoms. The van der Waals surface area contributed by atoms with E-state index in [1.165, 1.54) is 0 Å². The first-order valence-electron chi connectivity index (χ1n) is 7.06. The Bertz CT molecular complexity index is 736. The van der Waals surface area contributed by atoms with Crippen LogP contribution in [0.4, 0.5) is 0 Å². The Morgan fingerprint density at radius 2 is 2.00 bits per heavy atom. The number of nitrogens with zero attached hydrogens (tertiary/aromatic N) is 5. The van der Waals surface area contributed by atoms with Crippen molar-refractivity contribution >= 4 is 11.0 Å². The van der Waals surface area contributed by atoms with Crippen LogP contribution in [-0.4, -0.2) is 31.3 Å². The number of aryl methyl sites for hydroxylation is 1. The molecule has 6 nitrogen and oxygen atoms in total. The van der Waals surface area contributed by atoms with Crippen molar-refractivity contribution in [2.45, 2.75) is 19.4 Å². The van der Waals surface area contributed by atoms with Gasteiger partial charge in [-0.3, -0.25) is 9.67 Å². The minimum atomic E-state index is 0.0787. The molecule has 3 rings (SSSR count). The van der Waals surface area contributed by atoms with Crippen LogP contribution in [0.3, 0.4) is 0 Å². The Morgan fingerprint density at radius 1 is 1.19 bits per heavy atom. The second-order valence-corrected chi connectivity index (χ2v) is 4.90. The lowest BCUT2D eigenvalue weighted by atomic mass is 10.1. The average Bonchev–Trinajstić information content (AvgIpc) is 2.91. The SMILES string of the molecule is CCNC(Cc1ncnn1C)c1cnc2ccccc2n1. The van der Waals surface area contributed by atoms with Gasteiger partial charge in [0, 0.05) is 13.5 Å². The van der Waals surface area contributed by atoms with Crippen molar-refractivity contribution in [3.63, 3.8) is 0 Å². The first kappa shape index (κ1) is 13.6. The van der Waals surface area contributed by atoms with Gasteiger partial charge in [-0.2, -0.15) is 5.10 Å². The van der Waals surface area contributed by atoms with Crippen LogP contribution < -0.4 is 5.32 Å². The van der Waals surface area contributed by atoms with E-state index in [0.29, 0.717) is 0 Å². The summed E-state index contributed by atoms with van der Waals surface area (Å²) in [4.78, 5) is 13.5. The van der Waals surface area contributed by atoms with Gasteiger partial charge >= 0.3 is 0 Å². The van der Waals surface area contributed by atoms with Gasteiger partial charge in [0.05, 0.1) is 29.0 Å². The molecule has 21 heavy (non-hydrogen) atoms. The van der Waals surface area contributed by atoms with Gasteiger partial charge in [-0.05, 0) is 18.7 Å². The van der Waals surface area contributed by atoms with Gasteiger partial charge in [-0.15, -0.1) is 0 Å². The average molecular weight is 282 g/mol. The topological polar surface area (TPSA) is 68.5 Å². The number of nitrogens with one attached hydrogen (secondary N) is 1. The van der Waals surface area contributed by atoms with Crippen molar-refractivity contribution in [3.8, 4) is 0 Å². The quantitative estimate of drug-likeness (QED) is 0.770. The lowest BCUT2D eigenvalue weighted by molar-refractivity contribution is 0.511. The molecule has 0 fully saturated rings. The molecular formula is C15H18N6. The Morgan fingerprint density at radius 3 is 2.71 bits per heavy atom. The number of hydrogen-bond donors (Lipinski definition) is 1. The van der Waals surface area contributed by atoms with Gasteiger partial charge < -0.3 is 5.32 Å². The zero-order chi connectivity index (χ0) is 14.7. The van der Waals surface area contributed by atoms with Crippen molar-refractivity contribution < 1.29 is 0 Å². The summed E-state index contributed by atoms with van der Waals surface area (Å²) in [6, 6.07) is 7.98. The largest absolute Gasteiger partial charge is 0.308 e. The molecule has 1 N–H and O–H groups in total. The molecule has 0 radical (unpaired) electrons. The van der Waals surface area contributed by atoms with E-state index in [2.05, 4.69) is 27.3 Å². The van der Waals surface area contributed by atoms with E-state index in [9.17, 15) is 0 Å². The number of aromatic nitrogens is 5. The van der Waals surface area contributed by atoms with Crippen LogP contribution in [0.1, 0.15) is 24.5 Å². The maximum absolute atomic E-state index is 4.72. The predicted octanol–water partition coefficient (Wildman–Crippen LogP) is 1.65. The molecular weight excluding hydrogens is 264 g/mol. The minimum Gasteiger partial charge on any atom is -0.308 e. The molecule has 2 heterocycles. The Balaban J connectivity index is 1.93. The van der Waals surface area contributed by atoms with Crippen LogP contribution in [0.5, 0.6) is 0 Å². The standard InChI is InChI=1S/C15H18N6/c1-3-16-13(8-15-18-10-19-21(15)2)14-9-17-11-6-4-5-7-12(11)20-14/h4-7,9-10,13,16H,3,8H2,1-2H3. The van der Waals surface area contributed by atoms with Crippen molar-refractivity contribution in [1.29, 1.82) is 0 Å². The number of hydrogen-bond acceptors (Lipinski definition) is 5. The molecule has 2 aromatic heterocycles. The molecule has 108 valence electrons. The fraction of sp³-hybridized carbons (Fsp3) is 0.333. The maximum atomic E-state index is 4.72. The molecule has 0 bridgehead atoms. The fourth-order valence-corrected chi connectivity index (χ4v) is 2.35. The number of fused-ring (bicyclic) bond motifs is 1. The van der Waals surface area contributed by atoms with E-state index in [4.69, 9.17) is 4.98 Å².